The van der Waals surface area contributed by atoms with Gasteiger partial charge in [-0.25, -0.2) is 19.7 Å². The van der Waals surface area contributed by atoms with Gasteiger partial charge in [0.05, 0.1) is 30.5 Å². The fourth-order valence-electron chi connectivity index (χ4n) is 6.18. The first-order chi connectivity index (χ1) is 16.6. The quantitative estimate of drug-likeness (QED) is 0.671. The fraction of sp³-hybridized carbons (Fsp3) is 0.625. The molecule has 2 atom stereocenters. The molecule has 11 heteroatoms. The molecule has 3 aliphatic heterocycles. The first kappa shape index (κ1) is 23.5. The zero-order valence-corrected chi connectivity index (χ0v) is 20.9. The molecule has 188 valence electrons. The molecule has 0 spiro atoms. The van der Waals surface area contributed by atoms with Crippen LogP contribution in [-0.4, -0.2) is 87.0 Å². The highest BCUT2D eigenvalue weighted by Crippen LogP contribution is 2.48. The number of hydrogen-bond donors (Lipinski definition) is 2. The first-order valence-corrected chi connectivity index (χ1v) is 12.2. The Morgan fingerprint density at radius 1 is 1.14 bits per heavy atom. The Morgan fingerprint density at radius 2 is 1.83 bits per heavy atom. The fourth-order valence-corrected chi connectivity index (χ4v) is 6.18. The second-order valence-electron chi connectivity index (χ2n) is 10.9. The summed E-state index contributed by atoms with van der Waals surface area (Å²) >= 11 is 0. The lowest BCUT2D eigenvalue weighted by molar-refractivity contribution is 0.0843. The number of nitrogen functional groups attached to an aromatic ring is 1. The SMILES string of the molecule is CC(C)(C)C1N(C(=O)O)CC[C@@]1(C)N1CCc2c(-c3cnc(N)nc3)nc(N3CCOCC3)nc21. The van der Waals surface area contributed by atoms with E-state index in [1.165, 1.54) is 0 Å². The van der Waals surface area contributed by atoms with E-state index >= 15 is 0 Å². The third-order valence-corrected chi connectivity index (χ3v) is 7.50. The lowest BCUT2D eigenvalue weighted by Crippen LogP contribution is -2.60. The molecule has 0 radical (unpaired) electrons. The number of hydrogen-bond acceptors (Lipinski definition) is 9. The topological polar surface area (TPSA) is 134 Å². The highest BCUT2D eigenvalue weighted by molar-refractivity contribution is 5.74. The van der Waals surface area contributed by atoms with E-state index in [2.05, 4.69) is 47.5 Å². The van der Waals surface area contributed by atoms with Crippen LogP contribution in [0.25, 0.3) is 11.3 Å². The standard InChI is InChI=1S/C24H34N8O3/c1-23(2,3)19-24(4,6-8-31(19)22(33)34)32-7-5-16-17(15-13-26-20(25)27-14-15)28-21(29-18(16)32)30-9-11-35-12-10-30/h13-14,19H,5-12H2,1-4H3,(H,33,34)(H2,25,26,27)/t19?,24-/m1/s1. The molecule has 2 aromatic heterocycles. The molecule has 5 rings (SSSR count). The predicted octanol–water partition coefficient (Wildman–Crippen LogP) is 2.27. The number of rotatable bonds is 3. The van der Waals surface area contributed by atoms with Gasteiger partial charge in [0, 0.05) is 49.7 Å². The van der Waals surface area contributed by atoms with Gasteiger partial charge in [-0.1, -0.05) is 20.8 Å². The third kappa shape index (κ3) is 4.01. The minimum Gasteiger partial charge on any atom is -0.465 e. The molecule has 1 unspecified atom stereocenters. The zero-order valence-electron chi connectivity index (χ0n) is 20.9. The van der Waals surface area contributed by atoms with Crippen molar-refractivity contribution in [2.75, 3.05) is 54.9 Å². The van der Waals surface area contributed by atoms with E-state index in [-0.39, 0.29) is 17.4 Å². The molecule has 2 aromatic rings. The van der Waals surface area contributed by atoms with Crippen LogP contribution in [0.4, 0.5) is 22.5 Å². The van der Waals surface area contributed by atoms with E-state index in [0.29, 0.717) is 38.8 Å². The van der Waals surface area contributed by atoms with Gasteiger partial charge in [-0.2, -0.15) is 4.98 Å². The van der Waals surface area contributed by atoms with Crippen LogP contribution in [0.15, 0.2) is 12.4 Å². The summed E-state index contributed by atoms with van der Waals surface area (Å²) in [5, 5.41) is 9.99. The molecule has 0 aliphatic carbocycles. The molecule has 0 aromatic carbocycles. The molecule has 35 heavy (non-hydrogen) atoms. The molecule has 11 nitrogen and oxygen atoms in total. The Labute approximate surface area is 205 Å². The van der Waals surface area contributed by atoms with Gasteiger partial charge < -0.3 is 30.3 Å². The van der Waals surface area contributed by atoms with E-state index in [9.17, 15) is 9.90 Å². The number of morpholine rings is 1. The van der Waals surface area contributed by atoms with E-state index in [4.69, 9.17) is 20.4 Å². The average Bonchev–Trinajstić information content (AvgIpc) is 3.42. The van der Waals surface area contributed by atoms with Crippen molar-refractivity contribution >= 4 is 23.8 Å². The highest BCUT2D eigenvalue weighted by atomic mass is 16.5. The maximum absolute atomic E-state index is 12.2. The number of anilines is 3. The number of carbonyl (C=O) groups is 1. The number of nitrogens with two attached hydrogens (primary N) is 1. The van der Waals surface area contributed by atoms with Crippen LogP contribution in [0.5, 0.6) is 0 Å². The summed E-state index contributed by atoms with van der Waals surface area (Å²) in [6.45, 7) is 12.5. The summed E-state index contributed by atoms with van der Waals surface area (Å²) in [6, 6.07) is -0.191. The molecule has 2 fully saturated rings. The molecule has 1 amide bonds. The van der Waals surface area contributed by atoms with Crippen molar-refractivity contribution in [3.63, 3.8) is 0 Å². The van der Waals surface area contributed by atoms with Crippen molar-refractivity contribution < 1.29 is 14.6 Å². The van der Waals surface area contributed by atoms with Gasteiger partial charge in [-0.3, -0.25) is 0 Å². The van der Waals surface area contributed by atoms with Crippen LogP contribution in [0, 0.1) is 5.41 Å². The number of aromatic nitrogens is 4. The Kier molecular flexibility index (Phi) is 5.70. The van der Waals surface area contributed by atoms with E-state index < -0.39 is 11.6 Å². The highest BCUT2D eigenvalue weighted by Gasteiger charge is 2.56. The summed E-state index contributed by atoms with van der Waals surface area (Å²) in [4.78, 5) is 36.7. The van der Waals surface area contributed by atoms with Gasteiger partial charge in [0.15, 0.2) is 0 Å². The maximum atomic E-state index is 12.2. The van der Waals surface area contributed by atoms with E-state index in [1.54, 1.807) is 17.3 Å². The second kappa shape index (κ2) is 8.47. The maximum Gasteiger partial charge on any atom is 0.407 e. The van der Waals surface area contributed by atoms with Crippen molar-refractivity contribution in [3.05, 3.63) is 18.0 Å². The number of ether oxygens (including phenoxy) is 1. The van der Waals surface area contributed by atoms with Crippen molar-refractivity contribution in [1.82, 2.24) is 24.8 Å². The predicted molar refractivity (Wildman–Crippen MR) is 133 cm³/mol. The Bertz CT molecular complexity index is 1110. The number of likely N-dealkylation sites (tertiary alicyclic amines) is 1. The Balaban J connectivity index is 1.64. The number of nitrogens with zero attached hydrogens (tertiary/aromatic N) is 7. The zero-order chi connectivity index (χ0) is 25.0. The molecule has 0 bridgehead atoms. The molecule has 0 saturated carbocycles. The van der Waals surface area contributed by atoms with Crippen LogP contribution >= 0.6 is 0 Å². The summed E-state index contributed by atoms with van der Waals surface area (Å²) < 4.78 is 5.54. The summed E-state index contributed by atoms with van der Waals surface area (Å²) in [5.41, 5.74) is 7.73. The van der Waals surface area contributed by atoms with Crippen LogP contribution in [0.2, 0.25) is 0 Å². The lowest BCUT2D eigenvalue weighted by Gasteiger charge is -2.48. The van der Waals surface area contributed by atoms with Crippen molar-refractivity contribution in [2.24, 2.45) is 5.41 Å². The van der Waals surface area contributed by atoms with Gasteiger partial charge in [0.2, 0.25) is 11.9 Å². The number of carboxylic acid groups (broad SMARTS) is 1. The van der Waals surface area contributed by atoms with Gasteiger partial charge in [0.25, 0.3) is 0 Å². The molecular formula is C24H34N8O3. The second-order valence-corrected chi connectivity index (χ2v) is 10.9. The average molecular weight is 483 g/mol. The van der Waals surface area contributed by atoms with E-state index in [1.807, 2.05) is 0 Å². The molecule has 3 N–H and O–H groups in total. The van der Waals surface area contributed by atoms with Gasteiger partial charge >= 0.3 is 6.09 Å². The smallest absolute Gasteiger partial charge is 0.407 e. The van der Waals surface area contributed by atoms with Gasteiger partial charge in [-0.15, -0.1) is 0 Å². The summed E-state index contributed by atoms with van der Waals surface area (Å²) in [6.07, 6.45) is 4.04. The normalized spacial score (nSPS) is 24.7. The van der Waals surface area contributed by atoms with Crippen molar-refractivity contribution in [1.29, 1.82) is 0 Å². The van der Waals surface area contributed by atoms with Crippen LogP contribution in [0.3, 0.4) is 0 Å². The van der Waals surface area contributed by atoms with Crippen molar-refractivity contribution in [3.8, 4) is 11.3 Å². The van der Waals surface area contributed by atoms with Crippen LogP contribution in [0.1, 0.15) is 39.7 Å². The molecule has 2 saturated heterocycles. The van der Waals surface area contributed by atoms with E-state index in [0.717, 1.165) is 42.0 Å². The number of fused-ring (bicyclic) bond motifs is 1. The molecule has 3 aliphatic rings. The number of amides is 1. The molecular weight excluding hydrogens is 448 g/mol. The Hall–Kier alpha value is -3.21. The van der Waals surface area contributed by atoms with Crippen molar-refractivity contribution in [2.45, 2.75) is 52.1 Å². The van der Waals surface area contributed by atoms with Gasteiger partial charge in [-0.05, 0) is 25.2 Å². The third-order valence-electron chi connectivity index (χ3n) is 7.50. The van der Waals surface area contributed by atoms with Gasteiger partial charge in [0.1, 0.15) is 5.82 Å². The van der Waals surface area contributed by atoms with Crippen LogP contribution < -0.4 is 15.5 Å². The minimum atomic E-state index is -0.871. The lowest BCUT2D eigenvalue weighted by atomic mass is 9.74. The monoisotopic (exact) mass is 482 g/mol. The first-order valence-electron chi connectivity index (χ1n) is 12.2. The summed E-state index contributed by atoms with van der Waals surface area (Å²) in [7, 11) is 0. The minimum absolute atomic E-state index is 0.191. The van der Waals surface area contributed by atoms with Crippen LogP contribution in [-0.2, 0) is 11.2 Å². The molecule has 5 heterocycles. The summed E-state index contributed by atoms with van der Waals surface area (Å²) in [5.74, 6) is 1.74. The largest absolute Gasteiger partial charge is 0.465 e. The Morgan fingerprint density at radius 3 is 2.46 bits per heavy atom.